The van der Waals surface area contributed by atoms with Gasteiger partial charge < -0.3 is 20.9 Å². The van der Waals surface area contributed by atoms with Crippen molar-refractivity contribution in [2.75, 3.05) is 30.7 Å². The molecule has 1 aliphatic rings. The minimum Gasteiger partial charge on any atom is -0.382 e. The molecule has 2 aromatic heterocycles. The number of likely N-dealkylation sites (tertiary alicyclic amines) is 1. The fourth-order valence-corrected chi connectivity index (χ4v) is 3.84. The van der Waals surface area contributed by atoms with Crippen molar-refractivity contribution in [1.29, 1.82) is 0 Å². The number of hydrogen-bond acceptors (Lipinski definition) is 6. The van der Waals surface area contributed by atoms with Crippen molar-refractivity contribution in [2.24, 2.45) is 0 Å². The van der Waals surface area contributed by atoms with E-state index in [2.05, 4.69) is 39.0 Å². The summed E-state index contributed by atoms with van der Waals surface area (Å²) in [5.41, 5.74) is 7.02. The van der Waals surface area contributed by atoms with Gasteiger partial charge in [0, 0.05) is 12.6 Å². The Morgan fingerprint density at radius 1 is 1.19 bits per heavy atom. The third-order valence-electron chi connectivity index (χ3n) is 5.30. The predicted molar refractivity (Wildman–Crippen MR) is 110 cm³/mol. The Kier molecular flexibility index (Phi) is 6.71. The van der Waals surface area contributed by atoms with E-state index in [1.165, 1.54) is 32.4 Å². The molecule has 8 nitrogen and oxygen atoms in total. The van der Waals surface area contributed by atoms with Gasteiger partial charge in [-0.25, -0.2) is 4.79 Å². The number of H-pyrrole nitrogens is 1. The summed E-state index contributed by atoms with van der Waals surface area (Å²) in [5, 5.41) is 3.28. The number of nitrogens with zero attached hydrogens (tertiary/aromatic N) is 4. The maximum Gasteiger partial charge on any atom is 0.327 e. The van der Waals surface area contributed by atoms with Gasteiger partial charge in [-0.05, 0) is 58.7 Å². The van der Waals surface area contributed by atoms with Crippen LogP contribution in [0.3, 0.4) is 0 Å². The van der Waals surface area contributed by atoms with Gasteiger partial charge in [0.15, 0.2) is 11.5 Å². The van der Waals surface area contributed by atoms with E-state index in [4.69, 9.17) is 5.73 Å². The average Bonchev–Trinajstić information content (AvgIpc) is 2.96. The van der Waals surface area contributed by atoms with E-state index in [9.17, 15) is 4.79 Å². The quantitative estimate of drug-likeness (QED) is 0.582. The van der Waals surface area contributed by atoms with Crippen LogP contribution in [0, 0.1) is 0 Å². The number of rotatable bonds is 9. The van der Waals surface area contributed by atoms with Crippen LogP contribution in [0.4, 0.5) is 11.8 Å². The minimum atomic E-state index is -0.164. The molecular weight excluding hydrogens is 342 g/mol. The normalized spacial score (nSPS) is 16.7. The number of aromatic amines is 1. The molecule has 150 valence electrons. The van der Waals surface area contributed by atoms with Crippen LogP contribution in [-0.2, 0) is 6.54 Å². The molecule has 1 fully saturated rings. The van der Waals surface area contributed by atoms with E-state index in [0.29, 0.717) is 29.5 Å². The molecule has 4 N–H and O–H groups in total. The van der Waals surface area contributed by atoms with Crippen molar-refractivity contribution in [3.63, 3.8) is 0 Å². The van der Waals surface area contributed by atoms with Gasteiger partial charge in [-0.15, -0.1) is 0 Å². The van der Waals surface area contributed by atoms with Crippen LogP contribution < -0.4 is 16.7 Å². The average molecular weight is 376 g/mol. The second-order valence-corrected chi connectivity index (χ2v) is 7.66. The van der Waals surface area contributed by atoms with E-state index >= 15 is 0 Å². The Hall–Kier alpha value is -2.09. The Bertz CT molecular complexity index is 791. The molecule has 0 bridgehead atoms. The van der Waals surface area contributed by atoms with Gasteiger partial charge in [-0.3, -0.25) is 4.57 Å². The fraction of sp³-hybridized carbons (Fsp3) is 0.737. The number of unbranched alkanes of at least 4 members (excludes halogenated alkanes) is 1. The van der Waals surface area contributed by atoms with Gasteiger partial charge in [-0.2, -0.15) is 9.97 Å². The molecule has 0 aliphatic carbocycles. The molecule has 1 unspecified atom stereocenters. The summed E-state index contributed by atoms with van der Waals surface area (Å²) in [6.45, 7) is 8.41. The smallest absolute Gasteiger partial charge is 0.327 e. The Balaban J connectivity index is 1.67. The number of nitrogens with one attached hydrogen (secondary N) is 2. The highest BCUT2D eigenvalue weighted by Crippen LogP contribution is 2.18. The van der Waals surface area contributed by atoms with Gasteiger partial charge in [0.25, 0.3) is 0 Å². The zero-order valence-electron chi connectivity index (χ0n) is 16.6. The SMILES string of the molecule is CCCC(C)Nc1nc(N)c2[nH]c(=O)n(CCCCN3CCCCC3)c2n1. The summed E-state index contributed by atoms with van der Waals surface area (Å²) >= 11 is 0. The Labute approximate surface area is 160 Å². The second kappa shape index (κ2) is 9.21. The molecule has 2 aromatic rings. The number of anilines is 2. The van der Waals surface area contributed by atoms with Gasteiger partial charge in [0.1, 0.15) is 5.52 Å². The van der Waals surface area contributed by atoms with Crippen molar-refractivity contribution >= 4 is 22.9 Å². The first-order valence-electron chi connectivity index (χ1n) is 10.3. The summed E-state index contributed by atoms with van der Waals surface area (Å²) in [7, 11) is 0. The van der Waals surface area contributed by atoms with Crippen LogP contribution in [0.1, 0.15) is 58.8 Å². The predicted octanol–water partition coefficient (Wildman–Crippen LogP) is 2.57. The van der Waals surface area contributed by atoms with E-state index < -0.39 is 0 Å². The van der Waals surface area contributed by atoms with E-state index in [-0.39, 0.29) is 11.7 Å². The van der Waals surface area contributed by atoms with Crippen LogP contribution >= 0.6 is 0 Å². The maximum absolute atomic E-state index is 12.4. The van der Waals surface area contributed by atoms with Gasteiger partial charge in [-0.1, -0.05) is 19.8 Å². The molecule has 0 aromatic carbocycles. The van der Waals surface area contributed by atoms with Gasteiger partial charge in [0.05, 0.1) is 0 Å². The lowest BCUT2D eigenvalue weighted by Gasteiger charge is -2.26. The largest absolute Gasteiger partial charge is 0.382 e. The number of nitrogen functional groups attached to an aromatic ring is 1. The third-order valence-corrected chi connectivity index (χ3v) is 5.30. The Morgan fingerprint density at radius 3 is 2.67 bits per heavy atom. The zero-order valence-corrected chi connectivity index (χ0v) is 16.6. The number of aromatic nitrogens is 4. The summed E-state index contributed by atoms with van der Waals surface area (Å²) in [5.74, 6) is 0.803. The zero-order chi connectivity index (χ0) is 19.2. The fourth-order valence-electron chi connectivity index (χ4n) is 3.84. The van der Waals surface area contributed by atoms with Crippen molar-refractivity contribution in [3.05, 3.63) is 10.5 Å². The molecule has 0 radical (unpaired) electrons. The molecule has 0 amide bonds. The molecule has 27 heavy (non-hydrogen) atoms. The van der Waals surface area contributed by atoms with E-state index in [1.54, 1.807) is 4.57 Å². The van der Waals surface area contributed by atoms with E-state index in [1.807, 2.05) is 0 Å². The Morgan fingerprint density at radius 2 is 1.93 bits per heavy atom. The van der Waals surface area contributed by atoms with Gasteiger partial charge >= 0.3 is 5.69 Å². The summed E-state index contributed by atoms with van der Waals surface area (Å²) < 4.78 is 1.69. The van der Waals surface area contributed by atoms with Crippen molar-refractivity contribution in [2.45, 2.75) is 71.4 Å². The minimum absolute atomic E-state index is 0.164. The highest BCUT2D eigenvalue weighted by molar-refractivity contribution is 5.82. The molecule has 1 saturated heterocycles. The monoisotopic (exact) mass is 375 g/mol. The first-order valence-corrected chi connectivity index (χ1v) is 10.3. The summed E-state index contributed by atoms with van der Waals surface area (Å²) in [6, 6.07) is 0.260. The molecule has 3 rings (SSSR count). The highest BCUT2D eigenvalue weighted by Gasteiger charge is 2.15. The first kappa shape index (κ1) is 19.7. The molecular formula is C19H33N7O. The van der Waals surface area contributed by atoms with Crippen LogP contribution in [0.5, 0.6) is 0 Å². The van der Waals surface area contributed by atoms with E-state index in [0.717, 1.165) is 32.2 Å². The maximum atomic E-state index is 12.4. The molecule has 8 heteroatoms. The number of piperidine rings is 1. The standard InChI is InChI=1S/C19H33N7O/c1-3-9-14(2)21-18-23-16(20)15-17(24-18)26(19(27)22-15)13-8-7-12-25-10-5-4-6-11-25/h14H,3-13H2,1-2H3,(H,22,27)(H3,20,21,23,24). The number of aryl methyl sites for hydroxylation is 1. The lowest BCUT2D eigenvalue weighted by molar-refractivity contribution is 0.223. The molecule has 0 spiro atoms. The lowest BCUT2D eigenvalue weighted by atomic mass is 10.1. The van der Waals surface area contributed by atoms with Crippen molar-refractivity contribution in [3.8, 4) is 0 Å². The molecule has 3 heterocycles. The number of hydrogen-bond donors (Lipinski definition) is 3. The third kappa shape index (κ3) is 5.00. The number of imidazole rings is 1. The second-order valence-electron chi connectivity index (χ2n) is 7.66. The summed E-state index contributed by atoms with van der Waals surface area (Å²) in [4.78, 5) is 26.6. The van der Waals surface area contributed by atoms with Gasteiger partial charge in [0.2, 0.25) is 5.95 Å². The van der Waals surface area contributed by atoms with Crippen molar-refractivity contribution in [1.82, 2.24) is 24.4 Å². The molecule has 1 aliphatic heterocycles. The number of nitrogens with two attached hydrogens (primary N) is 1. The van der Waals surface area contributed by atoms with Crippen LogP contribution in [0.15, 0.2) is 4.79 Å². The number of fused-ring (bicyclic) bond motifs is 1. The van der Waals surface area contributed by atoms with Crippen molar-refractivity contribution < 1.29 is 0 Å². The highest BCUT2D eigenvalue weighted by atomic mass is 16.1. The molecule has 0 saturated carbocycles. The molecule has 1 atom stereocenters. The first-order chi connectivity index (χ1) is 13.1. The van der Waals surface area contributed by atoms with Crippen LogP contribution in [0.25, 0.3) is 11.2 Å². The van der Waals surface area contributed by atoms with Crippen LogP contribution in [-0.4, -0.2) is 50.1 Å². The topological polar surface area (TPSA) is 105 Å². The summed E-state index contributed by atoms with van der Waals surface area (Å²) in [6.07, 6.45) is 8.11. The lowest BCUT2D eigenvalue weighted by Crippen LogP contribution is -2.30. The van der Waals surface area contributed by atoms with Crippen LogP contribution in [0.2, 0.25) is 0 Å².